The van der Waals surface area contributed by atoms with Gasteiger partial charge in [-0.1, -0.05) is 44.2 Å². The van der Waals surface area contributed by atoms with Crippen LogP contribution >= 0.6 is 0 Å². The van der Waals surface area contributed by atoms with E-state index in [1.54, 1.807) is 0 Å². The van der Waals surface area contributed by atoms with Crippen LogP contribution in [0, 0.1) is 5.92 Å². The van der Waals surface area contributed by atoms with E-state index in [0.717, 1.165) is 31.9 Å². The highest BCUT2D eigenvalue weighted by Gasteiger charge is 2.09. The van der Waals surface area contributed by atoms with Gasteiger partial charge >= 0.3 is 0 Å². The van der Waals surface area contributed by atoms with Crippen molar-refractivity contribution in [2.24, 2.45) is 5.92 Å². The molecule has 0 atom stereocenters. The maximum absolute atomic E-state index is 8.87. The van der Waals surface area contributed by atoms with Crippen LogP contribution in [-0.4, -0.2) is 24.9 Å². The van der Waals surface area contributed by atoms with Crippen molar-refractivity contribution in [3.8, 4) is 5.75 Å². The third-order valence-electron chi connectivity index (χ3n) is 3.38. The second kappa shape index (κ2) is 8.01. The second-order valence-corrected chi connectivity index (χ2v) is 5.72. The Labute approximate surface area is 126 Å². The summed E-state index contributed by atoms with van der Waals surface area (Å²) in [4.78, 5) is 0. The first-order chi connectivity index (χ1) is 10.2. The van der Waals surface area contributed by atoms with E-state index in [2.05, 4.69) is 55.6 Å². The Morgan fingerprint density at radius 1 is 1.14 bits per heavy atom. The van der Waals surface area contributed by atoms with Gasteiger partial charge in [-0.2, -0.15) is 0 Å². The number of rotatable bonds is 8. The number of fused-ring (bicyclic) bond motifs is 1. The van der Waals surface area contributed by atoms with Crippen LogP contribution in [0.15, 0.2) is 36.4 Å². The van der Waals surface area contributed by atoms with Crippen LogP contribution in [0.4, 0.5) is 0 Å². The molecule has 3 nitrogen and oxygen atoms in total. The van der Waals surface area contributed by atoms with Crippen LogP contribution in [0.1, 0.15) is 25.8 Å². The molecule has 0 bridgehead atoms. The number of hydrogen-bond donors (Lipinski definition) is 2. The smallest absolute Gasteiger partial charge is 0.124 e. The van der Waals surface area contributed by atoms with Crippen LogP contribution in [0.5, 0.6) is 5.75 Å². The average Bonchev–Trinajstić information content (AvgIpc) is 2.50. The Hall–Kier alpha value is -1.58. The summed E-state index contributed by atoms with van der Waals surface area (Å²) in [5.41, 5.74) is 1.20. The Bertz CT molecular complexity index is 566. The normalized spacial score (nSPS) is 11.2. The summed E-state index contributed by atoms with van der Waals surface area (Å²) in [6, 6.07) is 12.6. The molecule has 0 amide bonds. The summed E-state index contributed by atoms with van der Waals surface area (Å²) in [5.74, 6) is 1.46. The monoisotopic (exact) mass is 287 g/mol. The highest BCUT2D eigenvalue weighted by atomic mass is 16.5. The van der Waals surface area contributed by atoms with E-state index in [4.69, 9.17) is 9.84 Å². The highest BCUT2D eigenvalue weighted by Crippen LogP contribution is 2.28. The third kappa shape index (κ3) is 4.45. The van der Waals surface area contributed by atoms with Gasteiger partial charge in [-0.3, -0.25) is 0 Å². The first-order valence-electron chi connectivity index (χ1n) is 7.67. The zero-order valence-electron chi connectivity index (χ0n) is 12.9. The summed E-state index contributed by atoms with van der Waals surface area (Å²) in [5, 5.41) is 14.7. The molecule has 2 aromatic rings. The lowest BCUT2D eigenvalue weighted by Crippen LogP contribution is -2.17. The van der Waals surface area contributed by atoms with Crippen molar-refractivity contribution in [2.45, 2.75) is 26.8 Å². The standard InChI is InChI=1S/C18H25NO2/c1-14(2)13-21-18-9-8-15-6-3-4-7-16(15)17(18)12-19-10-5-11-20/h3-4,6-9,14,19-20H,5,10-13H2,1-2H3. The molecule has 114 valence electrons. The number of aliphatic hydroxyl groups is 1. The quantitative estimate of drug-likeness (QED) is 0.732. The number of nitrogens with one attached hydrogen (secondary N) is 1. The van der Waals surface area contributed by atoms with Crippen molar-refractivity contribution in [1.82, 2.24) is 5.32 Å². The Balaban J connectivity index is 2.23. The van der Waals surface area contributed by atoms with Gasteiger partial charge in [0.1, 0.15) is 5.75 Å². The first-order valence-corrected chi connectivity index (χ1v) is 7.67. The van der Waals surface area contributed by atoms with Crippen LogP contribution in [0.25, 0.3) is 10.8 Å². The minimum Gasteiger partial charge on any atom is -0.493 e. The zero-order chi connectivity index (χ0) is 15.1. The Morgan fingerprint density at radius 2 is 1.95 bits per heavy atom. The summed E-state index contributed by atoms with van der Waals surface area (Å²) in [6.07, 6.45) is 0.771. The summed E-state index contributed by atoms with van der Waals surface area (Å²) in [7, 11) is 0. The molecule has 0 heterocycles. The molecule has 0 aliphatic rings. The van der Waals surface area contributed by atoms with Gasteiger partial charge in [-0.05, 0) is 35.7 Å². The van der Waals surface area contributed by atoms with Gasteiger partial charge in [-0.25, -0.2) is 0 Å². The van der Waals surface area contributed by atoms with Crippen LogP contribution in [0.3, 0.4) is 0 Å². The van der Waals surface area contributed by atoms with Crippen LogP contribution in [0.2, 0.25) is 0 Å². The molecule has 0 saturated carbocycles. The molecule has 2 rings (SSSR count). The predicted octanol–water partition coefficient (Wildman–Crippen LogP) is 3.35. The largest absolute Gasteiger partial charge is 0.493 e. The SMILES string of the molecule is CC(C)COc1ccc2ccccc2c1CNCCCO. The molecule has 0 spiro atoms. The minimum atomic E-state index is 0.221. The second-order valence-electron chi connectivity index (χ2n) is 5.72. The van der Waals surface area contributed by atoms with Gasteiger partial charge in [0.2, 0.25) is 0 Å². The van der Waals surface area contributed by atoms with Gasteiger partial charge < -0.3 is 15.2 Å². The molecule has 0 fully saturated rings. The topological polar surface area (TPSA) is 41.5 Å². The minimum absolute atomic E-state index is 0.221. The van der Waals surface area contributed by atoms with Crippen LogP contribution < -0.4 is 10.1 Å². The van der Waals surface area contributed by atoms with E-state index in [1.165, 1.54) is 16.3 Å². The summed E-state index contributed by atoms with van der Waals surface area (Å²) < 4.78 is 5.97. The summed E-state index contributed by atoms with van der Waals surface area (Å²) >= 11 is 0. The molecule has 2 N–H and O–H groups in total. The lowest BCUT2D eigenvalue weighted by molar-refractivity contribution is 0.268. The number of benzene rings is 2. The molecular weight excluding hydrogens is 262 g/mol. The Morgan fingerprint density at radius 3 is 2.71 bits per heavy atom. The van der Waals surface area contributed by atoms with Crippen molar-refractivity contribution in [3.63, 3.8) is 0 Å². The molecule has 0 aliphatic carbocycles. The first kappa shape index (κ1) is 15.8. The van der Waals surface area contributed by atoms with Crippen LogP contribution in [-0.2, 0) is 6.54 Å². The van der Waals surface area contributed by atoms with E-state index in [9.17, 15) is 0 Å². The molecule has 0 unspecified atom stereocenters. The van der Waals surface area contributed by atoms with E-state index in [0.29, 0.717) is 5.92 Å². The summed E-state index contributed by atoms with van der Waals surface area (Å²) in [6.45, 7) is 6.82. The lowest BCUT2D eigenvalue weighted by Gasteiger charge is -2.16. The molecule has 0 radical (unpaired) electrons. The van der Waals surface area contributed by atoms with Gasteiger partial charge in [-0.15, -0.1) is 0 Å². The van der Waals surface area contributed by atoms with Gasteiger partial charge in [0, 0.05) is 18.7 Å². The molecule has 0 aliphatic heterocycles. The Kier molecular flexibility index (Phi) is 6.03. The maximum atomic E-state index is 8.87. The number of aliphatic hydroxyl groups excluding tert-OH is 1. The lowest BCUT2D eigenvalue weighted by atomic mass is 10.0. The van der Waals surface area contributed by atoms with Gasteiger partial charge in [0.25, 0.3) is 0 Å². The fourth-order valence-corrected chi connectivity index (χ4v) is 2.31. The zero-order valence-corrected chi connectivity index (χ0v) is 12.9. The molecule has 3 heteroatoms. The highest BCUT2D eigenvalue weighted by molar-refractivity contribution is 5.87. The molecule has 21 heavy (non-hydrogen) atoms. The van der Waals surface area contributed by atoms with Crippen molar-refractivity contribution in [3.05, 3.63) is 42.0 Å². The van der Waals surface area contributed by atoms with Crippen molar-refractivity contribution >= 4 is 10.8 Å². The van der Waals surface area contributed by atoms with E-state index in [-0.39, 0.29) is 6.61 Å². The number of hydrogen-bond acceptors (Lipinski definition) is 3. The molecular formula is C18H25NO2. The fourth-order valence-electron chi connectivity index (χ4n) is 2.31. The van der Waals surface area contributed by atoms with Crippen molar-refractivity contribution in [1.29, 1.82) is 0 Å². The number of ether oxygens (including phenoxy) is 1. The third-order valence-corrected chi connectivity index (χ3v) is 3.38. The maximum Gasteiger partial charge on any atom is 0.124 e. The molecule has 0 saturated heterocycles. The molecule has 2 aromatic carbocycles. The van der Waals surface area contributed by atoms with E-state index >= 15 is 0 Å². The van der Waals surface area contributed by atoms with E-state index < -0.39 is 0 Å². The van der Waals surface area contributed by atoms with E-state index in [1.807, 2.05) is 0 Å². The molecule has 0 aromatic heterocycles. The predicted molar refractivity (Wildman–Crippen MR) is 87.7 cm³/mol. The average molecular weight is 287 g/mol. The van der Waals surface area contributed by atoms with Gasteiger partial charge in [0.15, 0.2) is 0 Å². The van der Waals surface area contributed by atoms with Crippen molar-refractivity contribution in [2.75, 3.05) is 19.8 Å². The fraction of sp³-hybridized carbons (Fsp3) is 0.444. The van der Waals surface area contributed by atoms with Gasteiger partial charge in [0.05, 0.1) is 6.61 Å². The van der Waals surface area contributed by atoms with Crippen molar-refractivity contribution < 1.29 is 9.84 Å².